The first-order chi connectivity index (χ1) is 12.6. The number of H-pyrrole nitrogens is 1. The van der Waals surface area contributed by atoms with Crippen molar-refractivity contribution < 1.29 is 0 Å². The number of nitrogens with one attached hydrogen (secondary N) is 4. The molecule has 7 nitrogen and oxygen atoms in total. The molecule has 0 fully saturated rings. The van der Waals surface area contributed by atoms with Crippen molar-refractivity contribution in [3.05, 3.63) is 36.0 Å². The number of hydrogen-bond acceptors (Lipinski definition) is 6. The third-order valence-corrected chi connectivity index (χ3v) is 3.67. The van der Waals surface area contributed by atoms with Crippen LogP contribution in [0.15, 0.2) is 30.5 Å². The van der Waals surface area contributed by atoms with Gasteiger partial charge in [-0.15, -0.1) is 0 Å². The average molecular weight is 353 g/mol. The molecule has 2 aromatic heterocycles. The summed E-state index contributed by atoms with van der Waals surface area (Å²) in [6, 6.07) is 7.43. The maximum atomic E-state index is 7.70. The van der Waals surface area contributed by atoms with Gasteiger partial charge in [0.15, 0.2) is 0 Å². The van der Waals surface area contributed by atoms with Gasteiger partial charge >= 0.3 is 0 Å². The first-order valence-corrected chi connectivity index (χ1v) is 8.89. The highest BCUT2D eigenvalue weighted by atomic mass is 15.2. The first kappa shape index (κ1) is 19.2. The molecule has 26 heavy (non-hydrogen) atoms. The summed E-state index contributed by atoms with van der Waals surface area (Å²) in [5.74, 6) is 1.29. The van der Waals surface area contributed by atoms with Gasteiger partial charge in [0.05, 0.1) is 5.39 Å². The third-order valence-electron chi connectivity index (χ3n) is 3.67. The third kappa shape index (κ3) is 4.30. The predicted molar refractivity (Wildman–Crippen MR) is 111 cm³/mol. The Balaban J connectivity index is 0.00000117. The summed E-state index contributed by atoms with van der Waals surface area (Å²) in [6.07, 6.45) is 2.86. The Morgan fingerprint density at radius 1 is 1.23 bits per heavy atom. The van der Waals surface area contributed by atoms with E-state index in [1.54, 1.807) is 13.0 Å². The highest BCUT2D eigenvalue weighted by Gasteiger charge is 2.09. The van der Waals surface area contributed by atoms with E-state index in [1.165, 1.54) is 0 Å². The van der Waals surface area contributed by atoms with Crippen LogP contribution in [0.3, 0.4) is 0 Å². The highest BCUT2D eigenvalue weighted by molar-refractivity contribution is 6.01. The van der Waals surface area contributed by atoms with Crippen LogP contribution in [-0.2, 0) is 0 Å². The second-order valence-electron chi connectivity index (χ2n) is 5.61. The van der Waals surface area contributed by atoms with Crippen LogP contribution in [0.2, 0.25) is 0 Å². The second-order valence-corrected chi connectivity index (χ2v) is 5.61. The molecule has 0 bridgehead atoms. The number of fused-ring (bicyclic) bond motifs is 1. The molecule has 0 amide bonds. The molecule has 0 saturated carbocycles. The lowest BCUT2D eigenvalue weighted by atomic mass is 10.1. The molecule has 138 valence electrons. The Labute approximate surface area is 154 Å². The lowest BCUT2D eigenvalue weighted by Gasteiger charge is -2.11. The standard InChI is InChI=1S/C17H21N7.C2H6/c1-3-7-20-15-13-6-8-21-16(13)24-17(23-15)22-11-4-5-12(10(2)18)14(19)9-11;1-2/h4-6,8-9,18H,3,7,19H2,1-2H3,(H3,20,21,22,23,24);1-2H3. The van der Waals surface area contributed by atoms with Crippen molar-refractivity contribution in [2.45, 2.75) is 34.1 Å². The first-order valence-electron chi connectivity index (χ1n) is 8.89. The van der Waals surface area contributed by atoms with Crippen LogP contribution < -0.4 is 16.4 Å². The minimum Gasteiger partial charge on any atom is -0.398 e. The number of rotatable bonds is 6. The van der Waals surface area contributed by atoms with Gasteiger partial charge in [0.2, 0.25) is 5.95 Å². The minimum absolute atomic E-state index is 0.439. The van der Waals surface area contributed by atoms with E-state index in [0.717, 1.165) is 41.1 Å². The molecule has 3 rings (SSSR count). The van der Waals surface area contributed by atoms with Gasteiger partial charge in [0.25, 0.3) is 0 Å². The Morgan fingerprint density at radius 2 is 2.00 bits per heavy atom. The van der Waals surface area contributed by atoms with E-state index in [9.17, 15) is 0 Å². The fraction of sp³-hybridized carbons (Fsp3) is 0.316. The molecular weight excluding hydrogens is 326 g/mol. The number of anilines is 4. The van der Waals surface area contributed by atoms with E-state index in [1.807, 2.05) is 38.2 Å². The molecule has 0 aliphatic carbocycles. The van der Waals surface area contributed by atoms with E-state index in [4.69, 9.17) is 11.1 Å². The normalized spacial score (nSPS) is 10.2. The molecule has 7 heteroatoms. The Kier molecular flexibility index (Phi) is 6.54. The number of benzene rings is 1. The maximum Gasteiger partial charge on any atom is 0.231 e. The lowest BCUT2D eigenvalue weighted by molar-refractivity contribution is 0.970. The van der Waals surface area contributed by atoms with Gasteiger partial charge in [0, 0.05) is 35.4 Å². The van der Waals surface area contributed by atoms with Crippen LogP contribution in [0.1, 0.15) is 39.7 Å². The van der Waals surface area contributed by atoms with Crippen LogP contribution in [0, 0.1) is 5.41 Å². The topological polar surface area (TPSA) is 116 Å². The maximum absolute atomic E-state index is 7.70. The van der Waals surface area contributed by atoms with E-state index >= 15 is 0 Å². The van der Waals surface area contributed by atoms with Gasteiger partial charge in [-0.2, -0.15) is 9.97 Å². The van der Waals surface area contributed by atoms with Crippen molar-refractivity contribution in [3.8, 4) is 0 Å². The summed E-state index contributed by atoms with van der Waals surface area (Å²) in [5.41, 5.74) is 9.28. The molecule has 6 N–H and O–H groups in total. The molecule has 0 atom stereocenters. The minimum atomic E-state index is 0.439. The van der Waals surface area contributed by atoms with E-state index in [2.05, 4.69) is 32.5 Å². The van der Waals surface area contributed by atoms with Gasteiger partial charge in [-0.3, -0.25) is 0 Å². The Morgan fingerprint density at radius 3 is 2.65 bits per heavy atom. The summed E-state index contributed by atoms with van der Waals surface area (Å²) in [7, 11) is 0. The van der Waals surface area contributed by atoms with Crippen molar-refractivity contribution in [2.75, 3.05) is 22.9 Å². The smallest absolute Gasteiger partial charge is 0.231 e. The summed E-state index contributed by atoms with van der Waals surface area (Å²) < 4.78 is 0. The summed E-state index contributed by atoms with van der Waals surface area (Å²) in [5, 5.41) is 15.2. The number of nitrogen functional groups attached to an aromatic ring is 1. The average Bonchev–Trinajstić information content (AvgIpc) is 3.10. The predicted octanol–water partition coefficient (Wildman–Crippen LogP) is 4.52. The van der Waals surface area contributed by atoms with Crippen molar-refractivity contribution in [1.29, 1.82) is 5.41 Å². The van der Waals surface area contributed by atoms with E-state index in [-0.39, 0.29) is 0 Å². The van der Waals surface area contributed by atoms with E-state index in [0.29, 0.717) is 17.3 Å². The molecule has 0 aliphatic rings. The second kappa shape index (κ2) is 8.84. The summed E-state index contributed by atoms with van der Waals surface area (Å²) in [6.45, 7) is 8.67. The molecule has 1 aromatic carbocycles. The van der Waals surface area contributed by atoms with Crippen LogP contribution in [0.25, 0.3) is 11.0 Å². The molecule has 0 spiro atoms. The Hall–Kier alpha value is -3.09. The summed E-state index contributed by atoms with van der Waals surface area (Å²) in [4.78, 5) is 12.2. The molecular formula is C19H27N7. The number of nitrogens with two attached hydrogens (primary N) is 1. The van der Waals surface area contributed by atoms with Crippen LogP contribution >= 0.6 is 0 Å². The van der Waals surface area contributed by atoms with Crippen molar-refractivity contribution in [1.82, 2.24) is 15.0 Å². The molecule has 2 heterocycles. The Bertz CT molecular complexity index is 883. The zero-order chi connectivity index (χ0) is 19.1. The van der Waals surface area contributed by atoms with Crippen molar-refractivity contribution in [3.63, 3.8) is 0 Å². The largest absolute Gasteiger partial charge is 0.398 e. The summed E-state index contributed by atoms with van der Waals surface area (Å²) >= 11 is 0. The molecule has 0 radical (unpaired) electrons. The van der Waals surface area contributed by atoms with Gasteiger partial charge in [-0.05, 0) is 37.6 Å². The van der Waals surface area contributed by atoms with Crippen molar-refractivity contribution >= 4 is 39.9 Å². The zero-order valence-corrected chi connectivity index (χ0v) is 15.8. The molecule has 0 unspecified atom stereocenters. The molecule has 3 aromatic rings. The number of nitrogens with zero attached hydrogens (tertiary/aromatic N) is 2. The number of aromatic nitrogens is 3. The molecule has 0 aliphatic heterocycles. The number of hydrogen-bond donors (Lipinski definition) is 5. The van der Waals surface area contributed by atoms with Gasteiger partial charge in [-0.1, -0.05) is 20.8 Å². The monoisotopic (exact) mass is 353 g/mol. The fourth-order valence-electron chi connectivity index (χ4n) is 2.49. The van der Waals surface area contributed by atoms with Crippen LogP contribution in [0.5, 0.6) is 0 Å². The molecule has 0 saturated heterocycles. The van der Waals surface area contributed by atoms with Crippen LogP contribution in [0.4, 0.5) is 23.1 Å². The lowest BCUT2D eigenvalue weighted by Crippen LogP contribution is -2.06. The van der Waals surface area contributed by atoms with Crippen LogP contribution in [-0.4, -0.2) is 27.2 Å². The highest BCUT2D eigenvalue weighted by Crippen LogP contribution is 2.24. The van der Waals surface area contributed by atoms with E-state index < -0.39 is 0 Å². The van der Waals surface area contributed by atoms with Gasteiger partial charge < -0.3 is 26.8 Å². The van der Waals surface area contributed by atoms with Crippen molar-refractivity contribution in [2.24, 2.45) is 0 Å². The fourth-order valence-corrected chi connectivity index (χ4v) is 2.49. The SMILES string of the molecule is CC.CCCNc1nc(Nc2ccc(C(C)=N)c(N)c2)nc2[nH]ccc12. The quantitative estimate of drug-likeness (QED) is 0.330. The van der Waals surface area contributed by atoms with Gasteiger partial charge in [-0.25, -0.2) is 0 Å². The van der Waals surface area contributed by atoms with Gasteiger partial charge in [0.1, 0.15) is 11.5 Å². The number of aromatic amines is 1. The zero-order valence-electron chi connectivity index (χ0n) is 15.8.